The lowest BCUT2D eigenvalue weighted by atomic mass is 10.1. The summed E-state index contributed by atoms with van der Waals surface area (Å²) in [6, 6.07) is 16.0. The molecule has 40 heavy (non-hydrogen) atoms. The van der Waals surface area contributed by atoms with Crippen LogP contribution in [0.5, 0.6) is 0 Å². The maximum absolute atomic E-state index is 13.2. The number of imide groups is 1. The van der Waals surface area contributed by atoms with E-state index in [0.29, 0.717) is 36.9 Å². The standard InChI is InChI=1S/C29H24Cl2FN3O5/c30-19-3-10-23(24(31)15-19)26(36)17-40-29(39)18-1-6-22(7-2-18)35-27(37)16-25(28(35)38)34-13-11-33(12-14-34)21-8-4-20(32)5-9-21/h1-10,15,25H,11-14,16-17H2. The Morgan fingerprint density at radius 3 is 2.17 bits per heavy atom. The molecule has 0 N–H and O–H groups in total. The van der Waals surface area contributed by atoms with Gasteiger partial charge in [0, 0.05) is 42.5 Å². The molecule has 2 fully saturated rings. The summed E-state index contributed by atoms with van der Waals surface area (Å²) in [6.07, 6.45) is 0.0640. The number of halogens is 3. The topological polar surface area (TPSA) is 87.2 Å². The molecule has 2 heterocycles. The molecule has 0 saturated carbocycles. The highest BCUT2D eigenvalue weighted by molar-refractivity contribution is 6.36. The summed E-state index contributed by atoms with van der Waals surface area (Å²) >= 11 is 11.9. The van der Waals surface area contributed by atoms with Crippen molar-refractivity contribution in [1.82, 2.24) is 4.90 Å². The number of hydrogen-bond acceptors (Lipinski definition) is 7. The quantitative estimate of drug-likeness (QED) is 0.228. The van der Waals surface area contributed by atoms with Gasteiger partial charge in [-0.1, -0.05) is 23.2 Å². The van der Waals surface area contributed by atoms with Crippen LogP contribution in [0.25, 0.3) is 0 Å². The van der Waals surface area contributed by atoms with Crippen molar-refractivity contribution in [2.45, 2.75) is 12.5 Å². The van der Waals surface area contributed by atoms with Crippen LogP contribution in [0.1, 0.15) is 27.1 Å². The van der Waals surface area contributed by atoms with E-state index in [-0.39, 0.29) is 40.2 Å². The van der Waals surface area contributed by atoms with Crippen LogP contribution in [-0.2, 0) is 14.3 Å². The lowest BCUT2D eigenvalue weighted by Gasteiger charge is -2.38. The molecule has 1 unspecified atom stereocenters. The van der Waals surface area contributed by atoms with Crippen molar-refractivity contribution in [2.75, 3.05) is 42.6 Å². The van der Waals surface area contributed by atoms with Gasteiger partial charge in [-0.3, -0.25) is 19.3 Å². The molecule has 3 aromatic carbocycles. The predicted octanol–water partition coefficient (Wildman–Crippen LogP) is 4.63. The second-order valence-corrected chi connectivity index (χ2v) is 10.3. The summed E-state index contributed by atoms with van der Waals surface area (Å²) in [7, 11) is 0. The predicted molar refractivity (Wildman–Crippen MR) is 149 cm³/mol. The van der Waals surface area contributed by atoms with Crippen LogP contribution in [0.2, 0.25) is 10.0 Å². The Hall–Kier alpha value is -3.79. The summed E-state index contributed by atoms with van der Waals surface area (Å²) in [4.78, 5) is 56.2. The van der Waals surface area contributed by atoms with E-state index in [2.05, 4.69) is 4.90 Å². The van der Waals surface area contributed by atoms with Crippen LogP contribution in [-0.4, -0.2) is 67.3 Å². The van der Waals surface area contributed by atoms with Crippen molar-refractivity contribution in [3.8, 4) is 0 Å². The maximum Gasteiger partial charge on any atom is 0.338 e. The van der Waals surface area contributed by atoms with E-state index in [0.717, 1.165) is 10.6 Å². The molecule has 2 saturated heterocycles. The first-order chi connectivity index (χ1) is 19.2. The largest absolute Gasteiger partial charge is 0.454 e. The Balaban J connectivity index is 1.17. The second kappa shape index (κ2) is 11.8. The third kappa shape index (κ3) is 5.86. The average Bonchev–Trinajstić information content (AvgIpc) is 3.25. The molecule has 0 aliphatic carbocycles. The molecule has 0 spiro atoms. The van der Waals surface area contributed by atoms with E-state index in [9.17, 15) is 23.6 Å². The number of carbonyl (C=O) groups is 4. The first-order valence-corrected chi connectivity index (χ1v) is 13.3. The smallest absolute Gasteiger partial charge is 0.338 e. The number of carbonyl (C=O) groups excluding carboxylic acids is 4. The van der Waals surface area contributed by atoms with Crippen LogP contribution in [0.15, 0.2) is 66.7 Å². The molecule has 206 valence electrons. The minimum Gasteiger partial charge on any atom is -0.454 e. The zero-order valence-corrected chi connectivity index (χ0v) is 22.7. The molecule has 11 heteroatoms. The van der Waals surface area contributed by atoms with Crippen LogP contribution in [0.3, 0.4) is 0 Å². The van der Waals surface area contributed by atoms with Crippen LogP contribution < -0.4 is 9.80 Å². The van der Waals surface area contributed by atoms with Crippen LogP contribution >= 0.6 is 23.2 Å². The van der Waals surface area contributed by atoms with E-state index in [1.54, 1.807) is 12.1 Å². The molecular formula is C29H24Cl2FN3O5. The highest BCUT2D eigenvalue weighted by Crippen LogP contribution is 2.28. The Bertz CT molecular complexity index is 1460. The number of benzene rings is 3. The van der Waals surface area contributed by atoms with E-state index >= 15 is 0 Å². The van der Waals surface area contributed by atoms with Gasteiger partial charge in [-0.2, -0.15) is 0 Å². The number of piperazine rings is 1. The van der Waals surface area contributed by atoms with Gasteiger partial charge in [-0.15, -0.1) is 0 Å². The van der Waals surface area contributed by atoms with E-state index in [4.69, 9.17) is 27.9 Å². The molecule has 2 aliphatic rings. The van der Waals surface area contributed by atoms with E-state index in [1.165, 1.54) is 54.6 Å². The summed E-state index contributed by atoms with van der Waals surface area (Å²) < 4.78 is 18.4. The fourth-order valence-corrected chi connectivity index (χ4v) is 5.38. The lowest BCUT2D eigenvalue weighted by Crippen LogP contribution is -2.52. The third-order valence-electron chi connectivity index (χ3n) is 7.00. The number of amides is 2. The fourth-order valence-electron chi connectivity index (χ4n) is 4.87. The molecule has 0 bridgehead atoms. The Kier molecular flexibility index (Phi) is 8.16. The number of Topliss-reactive ketones (excluding diaryl/α,β-unsaturated/α-hetero) is 1. The highest BCUT2D eigenvalue weighted by Gasteiger charge is 2.43. The molecule has 2 amide bonds. The van der Waals surface area contributed by atoms with Gasteiger partial charge in [0.15, 0.2) is 6.61 Å². The SMILES string of the molecule is O=C(OCC(=O)c1ccc(Cl)cc1Cl)c1ccc(N2C(=O)CC(N3CCN(c4ccc(F)cc4)CC3)C2=O)cc1. The van der Waals surface area contributed by atoms with Crippen molar-refractivity contribution in [1.29, 1.82) is 0 Å². The molecule has 0 aromatic heterocycles. The summed E-state index contributed by atoms with van der Waals surface area (Å²) in [6.45, 7) is 1.95. The normalized spacial score (nSPS) is 17.8. The highest BCUT2D eigenvalue weighted by atomic mass is 35.5. The minimum absolute atomic E-state index is 0.0640. The Morgan fingerprint density at radius 2 is 1.52 bits per heavy atom. The molecule has 3 aromatic rings. The molecule has 0 radical (unpaired) electrons. The number of ether oxygens (including phenoxy) is 1. The summed E-state index contributed by atoms with van der Waals surface area (Å²) in [5.74, 6) is -2.15. The minimum atomic E-state index is -0.735. The Morgan fingerprint density at radius 1 is 0.875 bits per heavy atom. The molecule has 8 nitrogen and oxygen atoms in total. The lowest BCUT2D eigenvalue weighted by molar-refractivity contribution is -0.123. The van der Waals surface area contributed by atoms with Gasteiger partial charge in [0.25, 0.3) is 5.91 Å². The molecule has 5 rings (SSSR count). The zero-order chi connectivity index (χ0) is 28.4. The van der Waals surface area contributed by atoms with Gasteiger partial charge in [0.2, 0.25) is 11.7 Å². The monoisotopic (exact) mass is 583 g/mol. The van der Waals surface area contributed by atoms with Crippen molar-refractivity contribution < 1.29 is 28.3 Å². The van der Waals surface area contributed by atoms with E-state index < -0.39 is 24.4 Å². The van der Waals surface area contributed by atoms with Crippen molar-refractivity contribution in [3.63, 3.8) is 0 Å². The van der Waals surface area contributed by atoms with Gasteiger partial charge in [-0.05, 0) is 66.7 Å². The van der Waals surface area contributed by atoms with Crippen LogP contribution in [0, 0.1) is 5.82 Å². The number of esters is 1. The average molecular weight is 584 g/mol. The van der Waals surface area contributed by atoms with Crippen molar-refractivity contribution >= 4 is 58.1 Å². The summed E-state index contributed by atoms with van der Waals surface area (Å²) in [5.41, 5.74) is 1.61. The third-order valence-corrected chi connectivity index (χ3v) is 7.54. The van der Waals surface area contributed by atoms with E-state index in [1.807, 2.05) is 4.90 Å². The maximum atomic E-state index is 13.2. The van der Waals surface area contributed by atoms with Gasteiger partial charge in [-0.25, -0.2) is 14.1 Å². The van der Waals surface area contributed by atoms with Crippen molar-refractivity contribution in [2.24, 2.45) is 0 Å². The van der Waals surface area contributed by atoms with Crippen molar-refractivity contribution in [3.05, 3.63) is 93.7 Å². The van der Waals surface area contributed by atoms with Gasteiger partial charge < -0.3 is 9.64 Å². The van der Waals surface area contributed by atoms with Gasteiger partial charge in [0.05, 0.1) is 28.7 Å². The molecule has 1 atom stereocenters. The molecular weight excluding hydrogens is 560 g/mol. The Labute approximate surface area is 239 Å². The first kappa shape index (κ1) is 27.8. The molecule has 2 aliphatic heterocycles. The van der Waals surface area contributed by atoms with Crippen LogP contribution in [0.4, 0.5) is 15.8 Å². The number of rotatable bonds is 7. The number of hydrogen-bond donors (Lipinski definition) is 0. The first-order valence-electron chi connectivity index (χ1n) is 12.6. The zero-order valence-electron chi connectivity index (χ0n) is 21.2. The number of nitrogens with zero attached hydrogens (tertiary/aromatic N) is 3. The second-order valence-electron chi connectivity index (χ2n) is 9.46. The number of anilines is 2. The fraction of sp³-hybridized carbons (Fsp3) is 0.241. The number of ketones is 1. The van der Waals surface area contributed by atoms with Gasteiger partial charge >= 0.3 is 5.97 Å². The summed E-state index contributed by atoms with van der Waals surface area (Å²) in [5, 5.41) is 0.537. The van der Waals surface area contributed by atoms with Gasteiger partial charge in [0.1, 0.15) is 5.82 Å².